The average molecular weight is 737 g/mol. The Kier molecular flexibility index (Phi) is 12.5. The summed E-state index contributed by atoms with van der Waals surface area (Å²) in [4.78, 5) is 30.9. The van der Waals surface area contributed by atoms with Gasteiger partial charge in [-0.25, -0.2) is 17.6 Å². The summed E-state index contributed by atoms with van der Waals surface area (Å²) in [6.45, 7) is 3.61. The molecular weight excluding hydrogens is 696 g/mol. The lowest BCUT2D eigenvalue weighted by Gasteiger charge is -2.40. The van der Waals surface area contributed by atoms with Crippen LogP contribution in [-0.2, 0) is 30.7 Å². The summed E-state index contributed by atoms with van der Waals surface area (Å²) in [5, 5.41) is 9.75. The number of carbonyl (C=O) groups excluding carboxylic acids is 2. The highest BCUT2D eigenvalue weighted by Gasteiger charge is 2.40. The van der Waals surface area contributed by atoms with Crippen LogP contribution < -0.4 is 16.0 Å². The third-order valence-electron chi connectivity index (χ3n) is 9.12. The van der Waals surface area contributed by atoms with Crippen molar-refractivity contribution in [2.24, 2.45) is 5.92 Å². The van der Waals surface area contributed by atoms with Gasteiger partial charge in [-0.05, 0) is 80.5 Å². The minimum Gasteiger partial charge on any atom is -0.453 e. The smallest absolute Gasteiger partial charge is 0.407 e. The molecule has 3 N–H and O–H groups in total. The summed E-state index contributed by atoms with van der Waals surface area (Å²) in [5.74, 6) is -1.78. The number of carbonyl (C=O) groups is 2. The molecule has 2 aliphatic heterocycles. The van der Waals surface area contributed by atoms with E-state index in [-0.39, 0.29) is 40.9 Å². The van der Waals surface area contributed by atoms with Crippen LogP contribution in [0.1, 0.15) is 43.2 Å². The maximum Gasteiger partial charge on any atom is 0.407 e. The van der Waals surface area contributed by atoms with Gasteiger partial charge in [0.05, 0.1) is 30.1 Å². The van der Waals surface area contributed by atoms with E-state index in [1.54, 1.807) is 12.1 Å². The van der Waals surface area contributed by atoms with Gasteiger partial charge in [-0.3, -0.25) is 9.78 Å². The fraction of sp³-hybridized carbons (Fsp3) is 0.441. The minimum absolute atomic E-state index is 0.0395. The molecule has 0 bridgehead atoms. The Hall–Kier alpha value is -3.33. The van der Waals surface area contributed by atoms with E-state index in [1.807, 2.05) is 19.1 Å². The van der Waals surface area contributed by atoms with Crippen molar-refractivity contribution in [1.82, 2.24) is 19.9 Å². The van der Waals surface area contributed by atoms with E-state index in [2.05, 4.69) is 20.9 Å². The molecule has 1 aromatic heterocycles. The van der Waals surface area contributed by atoms with Crippen LogP contribution in [-0.4, -0.2) is 81.2 Å². The van der Waals surface area contributed by atoms with Gasteiger partial charge in [0.1, 0.15) is 11.9 Å². The number of ether oxygens (including phenoxy) is 2. The lowest BCUT2D eigenvalue weighted by molar-refractivity contribution is -0.119. The highest BCUT2D eigenvalue weighted by Crippen LogP contribution is 2.36. The van der Waals surface area contributed by atoms with Crippen LogP contribution in [0.15, 0.2) is 65.8 Å². The average Bonchev–Trinajstić information content (AvgIpc) is 3.09. The van der Waals surface area contributed by atoms with Crippen molar-refractivity contribution in [3.63, 3.8) is 0 Å². The van der Waals surface area contributed by atoms with Gasteiger partial charge in [0.25, 0.3) is 0 Å². The molecule has 0 saturated carbocycles. The van der Waals surface area contributed by atoms with E-state index in [1.165, 1.54) is 41.9 Å². The number of benzene rings is 2. The van der Waals surface area contributed by atoms with E-state index < -0.39 is 45.8 Å². The minimum atomic E-state index is -3.91. The first kappa shape index (κ1) is 36.9. The van der Waals surface area contributed by atoms with Crippen LogP contribution in [0.25, 0.3) is 0 Å². The molecule has 2 saturated heterocycles. The summed E-state index contributed by atoms with van der Waals surface area (Å²) >= 11 is 12.2. The van der Waals surface area contributed by atoms with Crippen molar-refractivity contribution >= 4 is 50.9 Å². The largest absolute Gasteiger partial charge is 0.453 e. The number of halogens is 3. The first-order chi connectivity index (χ1) is 23.5. The Morgan fingerprint density at radius 3 is 2.37 bits per heavy atom. The Balaban J connectivity index is 1.42. The van der Waals surface area contributed by atoms with Gasteiger partial charge in [-0.15, -0.1) is 0 Å². The van der Waals surface area contributed by atoms with Crippen LogP contribution in [0.2, 0.25) is 10.0 Å². The molecule has 1 unspecified atom stereocenters. The fourth-order valence-electron chi connectivity index (χ4n) is 6.74. The predicted molar refractivity (Wildman–Crippen MR) is 185 cm³/mol. The second-order valence-electron chi connectivity index (χ2n) is 12.3. The van der Waals surface area contributed by atoms with Gasteiger partial charge in [-0.1, -0.05) is 35.3 Å². The lowest BCUT2D eigenvalue weighted by atomic mass is 9.76. The third-order valence-corrected chi connectivity index (χ3v) is 11.7. The number of amides is 2. The fourth-order valence-corrected chi connectivity index (χ4v) is 8.83. The van der Waals surface area contributed by atoms with Crippen LogP contribution in [0, 0.1) is 11.7 Å². The number of alkyl carbamates (subject to hydrolysis) is 1. The molecule has 4 atom stereocenters. The number of aromatic nitrogens is 1. The molecule has 15 heteroatoms. The van der Waals surface area contributed by atoms with Gasteiger partial charge in [0.15, 0.2) is 0 Å². The molecule has 11 nitrogen and oxygen atoms in total. The first-order valence-corrected chi connectivity index (χ1v) is 18.3. The second kappa shape index (κ2) is 16.6. The Labute approximate surface area is 295 Å². The molecule has 3 aromatic rings. The molecule has 0 aliphatic carbocycles. The number of pyridine rings is 1. The molecule has 0 spiro atoms. The van der Waals surface area contributed by atoms with Crippen molar-refractivity contribution in [2.45, 2.75) is 61.5 Å². The molecule has 0 radical (unpaired) electrons. The quantitative estimate of drug-likeness (QED) is 0.239. The topological polar surface area (TPSA) is 139 Å². The number of piperazine rings is 1. The molecular formula is C34H40Cl2FN5O6S. The number of hydrogen-bond acceptors (Lipinski definition) is 8. The van der Waals surface area contributed by atoms with E-state index in [4.69, 9.17) is 32.7 Å². The highest BCUT2D eigenvalue weighted by atomic mass is 35.5. The molecule has 2 fully saturated rings. The van der Waals surface area contributed by atoms with Crippen LogP contribution >= 0.6 is 23.2 Å². The number of anilines is 1. The van der Waals surface area contributed by atoms with Crippen molar-refractivity contribution in [1.29, 1.82) is 0 Å². The molecule has 2 amide bonds. The van der Waals surface area contributed by atoms with Crippen LogP contribution in [0.3, 0.4) is 0 Å². The number of nitrogens with one attached hydrogen (secondary N) is 3. The van der Waals surface area contributed by atoms with Crippen molar-refractivity contribution in [2.75, 3.05) is 38.7 Å². The number of rotatable bonds is 11. The summed E-state index contributed by atoms with van der Waals surface area (Å²) in [5.41, 5.74) is 1.06. The normalized spacial score (nSPS) is 20.3. The van der Waals surface area contributed by atoms with E-state index in [0.29, 0.717) is 49.2 Å². The second-order valence-corrected chi connectivity index (χ2v) is 15.0. The van der Waals surface area contributed by atoms with Gasteiger partial charge in [-0.2, -0.15) is 4.31 Å². The Morgan fingerprint density at radius 1 is 1.06 bits per heavy atom. The zero-order chi connectivity index (χ0) is 35.1. The molecule has 2 aliphatic rings. The molecule has 5 rings (SSSR count). The standard InChI is InChI=1S/C34H40Cl2FN5O6S/c1-21-17-38-18-26(42(21)49(45,46)27-10-7-25(36)8-11-27)9-12-28-29(37)19-39-20-30(28)40-33(43)32(41-34(44)47-2)31(23-13-15-48-16-14-23)22-3-5-24(35)6-4-22/h3-8,10-11,19-21,23,26,31-32,38H,9,12-18H2,1-2H3,(H,40,43)(H,41,44)/t21-,26+,31?,32+/m1/s1. The Morgan fingerprint density at radius 2 is 1.71 bits per heavy atom. The maximum atomic E-state index is 15.5. The predicted octanol–water partition coefficient (Wildman–Crippen LogP) is 5.38. The molecule has 49 heavy (non-hydrogen) atoms. The van der Waals surface area contributed by atoms with Crippen LogP contribution in [0.5, 0.6) is 0 Å². The van der Waals surface area contributed by atoms with Crippen molar-refractivity contribution < 1.29 is 31.9 Å². The molecule has 2 aromatic carbocycles. The number of nitrogens with zero attached hydrogens (tertiary/aromatic N) is 2. The van der Waals surface area contributed by atoms with Gasteiger partial charge in [0.2, 0.25) is 15.9 Å². The number of methoxy groups -OCH3 is 1. The third kappa shape index (κ3) is 8.89. The van der Waals surface area contributed by atoms with Gasteiger partial charge < -0.3 is 25.4 Å². The molecule has 3 heterocycles. The monoisotopic (exact) mass is 735 g/mol. The zero-order valence-electron chi connectivity index (χ0n) is 27.2. The van der Waals surface area contributed by atoms with E-state index >= 15 is 4.39 Å². The van der Waals surface area contributed by atoms with Crippen molar-refractivity contribution in [3.05, 3.63) is 87.9 Å². The summed E-state index contributed by atoms with van der Waals surface area (Å²) in [6, 6.07) is 11.1. The zero-order valence-corrected chi connectivity index (χ0v) is 29.5. The van der Waals surface area contributed by atoms with Crippen molar-refractivity contribution in [3.8, 4) is 0 Å². The van der Waals surface area contributed by atoms with Gasteiger partial charge in [0, 0.05) is 59.9 Å². The highest BCUT2D eigenvalue weighted by molar-refractivity contribution is 7.89. The SMILES string of the molecule is COC(=O)N[C@H](C(=O)Nc1cncc(F)c1CC[C@H]1CNC[C@@H](C)N1S(=O)(=O)c1ccc(Cl)cc1)C(c1ccc(Cl)cc1)C1CCOCC1. The van der Waals surface area contributed by atoms with E-state index in [9.17, 15) is 18.0 Å². The summed E-state index contributed by atoms with van der Waals surface area (Å²) in [7, 11) is -2.70. The summed E-state index contributed by atoms with van der Waals surface area (Å²) in [6.07, 6.45) is 3.23. The van der Waals surface area contributed by atoms with Gasteiger partial charge >= 0.3 is 6.09 Å². The van der Waals surface area contributed by atoms with Crippen LogP contribution in [0.4, 0.5) is 14.9 Å². The Bertz CT molecular complexity index is 1710. The summed E-state index contributed by atoms with van der Waals surface area (Å²) < 4.78 is 55.0. The molecule has 264 valence electrons. The number of hydrogen-bond donors (Lipinski definition) is 3. The van der Waals surface area contributed by atoms with E-state index in [0.717, 1.165) is 11.8 Å². The maximum absolute atomic E-state index is 15.5. The first-order valence-electron chi connectivity index (χ1n) is 16.1. The number of sulfonamides is 1. The lowest BCUT2D eigenvalue weighted by Crippen LogP contribution is -2.58.